The maximum atomic E-state index is 14.0. The molecule has 3 rings (SSSR count). The molecular formula is C20H22F2N2O3. The van der Waals surface area contributed by atoms with Crippen molar-refractivity contribution in [2.45, 2.75) is 19.5 Å². The van der Waals surface area contributed by atoms with Crippen molar-refractivity contribution in [3.05, 3.63) is 53.6 Å². The van der Waals surface area contributed by atoms with E-state index in [1.54, 1.807) is 44.2 Å². The van der Waals surface area contributed by atoms with Crippen molar-refractivity contribution in [3.8, 4) is 11.5 Å². The number of piperazine rings is 1. The van der Waals surface area contributed by atoms with Crippen LogP contribution >= 0.6 is 0 Å². The Labute approximate surface area is 157 Å². The van der Waals surface area contributed by atoms with E-state index in [4.69, 9.17) is 9.47 Å². The normalized spacial score (nSPS) is 17.9. The van der Waals surface area contributed by atoms with Crippen LogP contribution in [0.15, 0.2) is 36.4 Å². The van der Waals surface area contributed by atoms with Gasteiger partial charge in [0.2, 0.25) is 5.91 Å². The fourth-order valence-corrected chi connectivity index (χ4v) is 3.25. The third-order valence-corrected chi connectivity index (χ3v) is 4.85. The summed E-state index contributed by atoms with van der Waals surface area (Å²) in [6.07, 6.45) is 0. The summed E-state index contributed by atoms with van der Waals surface area (Å²) in [7, 11) is 3.11. The van der Waals surface area contributed by atoms with Gasteiger partial charge in [0.25, 0.3) is 0 Å². The van der Waals surface area contributed by atoms with Crippen LogP contribution in [0.5, 0.6) is 11.5 Å². The third kappa shape index (κ3) is 3.88. The smallest absolute Gasteiger partial charge is 0.244 e. The van der Waals surface area contributed by atoms with Gasteiger partial charge < -0.3 is 14.4 Å². The molecular weight excluding hydrogens is 354 g/mol. The lowest BCUT2D eigenvalue weighted by Gasteiger charge is -2.39. The first-order chi connectivity index (χ1) is 12.9. The predicted octanol–water partition coefficient (Wildman–Crippen LogP) is 3.22. The van der Waals surface area contributed by atoms with Gasteiger partial charge in [-0.15, -0.1) is 0 Å². The number of hydrogen-bond acceptors (Lipinski definition) is 4. The zero-order valence-corrected chi connectivity index (χ0v) is 15.5. The van der Waals surface area contributed by atoms with E-state index in [2.05, 4.69) is 0 Å². The quantitative estimate of drug-likeness (QED) is 0.804. The lowest BCUT2D eigenvalue weighted by molar-refractivity contribution is -0.125. The number of anilines is 1. The first-order valence-corrected chi connectivity index (χ1v) is 8.66. The lowest BCUT2D eigenvalue weighted by atomic mass is 10.1. The number of carbonyl (C=O) groups is 1. The molecule has 144 valence electrons. The summed E-state index contributed by atoms with van der Waals surface area (Å²) in [5.74, 6) is -0.132. The minimum atomic E-state index is -0.614. The summed E-state index contributed by atoms with van der Waals surface area (Å²) in [6, 6.07) is 8.35. The van der Waals surface area contributed by atoms with Crippen LogP contribution in [0.3, 0.4) is 0 Å². The summed E-state index contributed by atoms with van der Waals surface area (Å²) in [5, 5.41) is 0. The number of benzene rings is 2. The maximum absolute atomic E-state index is 14.0. The Morgan fingerprint density at radius 3 is 2.52 bits per heavy atom. The van der Waals surface area contributed by atoms with Crippen molar-refractivity contribution in [2.24, 2.45) is 0 Å². The SMILES string of the molecule is COc1ccc(N2CCN(Cc3ccc(F)cc3F)C(C)C2=O)c(OC)c1. The Morgan fingerprint density at radius 2 is 1.85 bits per heavy atom. The van der Waals surface area contributed by atoms with E-state index in [0.29, 0.717) is 35.8 Å². The van der Waals surface area contributed by atoms with Crippen molar-refractivity contribution in [2.75, 3.05) is 32.2 Å². The van der Waals surface area contributed by atoms with E-state index in [-0.39, 0.29) is 12.5 Å². The van der Waals surface area contributed by atoms with Gasteiger partial charge in [0.1, 0.15) is 23.1 Å². The molecule has 0 N–H and O–H groups in total. The number of carbonyl (C=O) groups excluding carboxylic acids is 1. The first-order valence-electron chi connectivity index (χ1n) is 8.66. The highest BCUT2D eigenvalue weighted by Gasteiger charge is 2.33. The fourth-order valence-electron chi connectivity index (χ4n) is 3.25. The molecule has 2 aromatic carbocycles. The number of amides is 1. The van der Waals surface area contributed by atoms with E-state index in [9.17, 15) is 13.6 Å². The average molecular weight is 376 g/mol. The maximum Gasteiger partial charge on any atom is 0.244 e. The van der Waals surface area contributed by atoms with Crippen molar-refractivity contribution >= 4 is 11.6 Å². The molecule has 0 aromatic heterocycles. The molecule has 0 bridgehead atoms. The van der Waals surface area contributed by atoms with Gasteiger partial charge in [-0.3, -0.25) is 9.69 Å². The highest BCUT2D eigenvalue weighted by Crippen LogP contribution is 2.34. The van der Waals surface area contributed by atoms with Gasteiger partial charge in [0.05, 0.1) is 25.9 Å². The van der Waals surface area contributed by atoms with Crippen LogP contribution in [-0.4, -0.2) is 44.2 Å². The van der Waals surface area contributed by atoms with Crippen LogP contribution in [0.25, 0.3) is 0 Å². The molecule has 0 spiro atoms. The highest BCUT2D eigenvalue weighted by atomic mass is 19.1. The van der Waals surface area contributed by atoms with E-state index >= 15 is 0 Å². The Bertz CT molecular complexity index is 844. The summed E-state index contributed by atoms with van der Waals surface area (Å²) < 4.78 is 37.6. The molecule has 1 unspecified atom stereocenters. The van der Waals surface area contributed by atoms with Crippen molar-refractivity contribution in [1.82, 2.24) is 4.90 Å². The predicted molar refractivity (Wildman–Crippen MR) is 98.1 cm³/mol. The van der Waals surface area contributed by atoms with Crippen LogP contribution < -0.4 is 14.4 Å². The van der Waals surface area contributed by atoms with Gasteiger partial charge in [0.15, 0.2) is 0 Å². The summed E-state index contributed by atoms with van der Waals surface area (Å²) in [5.41, 5.74) is 1.04. The molecule has 2 aromatic rings. The molecule has 1 saturated heterocycles. The Hall–Kier alpha value is -2.67. The molecule has 1 aliphatic rings. The zero-order valence-electron chi connectivity index (χ0n) is 15.5. The molecule has 1 heterocycles. The molecule has 1 aliphatic heterocycles. The molecule has 27 heavy (non-hydrogen) atoms. The number of nitrogens with zero attached hydrogens (tertiary/aromatic N) is 2. The fraction of sp³-hybridized carbons (Fsp3) is 0.350. The van der Waals surface area contributed by atoms with Crippen LogP contribution in [0, 0.1) is 11.6 Å². The summed E-state index contributed by atoms with van der Waals surface area (Å²) >= 11 is 0. The molecule has 0 saturated carbocycles. The molecule has 5 nitrogen and oxygen atoms in total. The summed E-state index contributed by atoms with van der Waals surface area (Å²) in [6.45, 7) is 3.02. The standard InChI is InChI=1S/C20H22F2N2O3/c1-13-20(25)24(18-7-6-16(26-2)11-19(18)27-3)9-8-23(13)12-14-4-5-15(21)10-17(14)22/h4-7,10-11,13H,8-9,12H2,1-3H3. The average Bonchev–Trinajstić information content (AvgIpc) is 2.67. The first kappa shape index (κ1) is 19.1. The van der Waals surface area contributed by atoms with Gasteiger partial charge >= 0.3 is 0 Å². The minimum Gasteiger partial charge on any atom is -0.497 e. The van der Waals surface area contributed by atoms with Gasteiger partial charge in [-0.05, 0) is 25.1 Å². The monoisotopic (exact) mass is 376 g/mol. The largest absolute Gasteiger partial charge is 0.497 e. The number of methoxy groups -OCH3 is 2. The number of hydrogen-bond donors (Lipinski definition) is 0. The Kier molecular flexibility index (Phi) is 5.60. The topological polar surface area (TPSA) is 42.0 Å². The second-order valence-corrected chi connectivity index (χ2v) is 6.41. The van der Waals surface area contributed by atoms with Gasteiger partial charge in [-0.2, -0.15) is 0 Å². The number of halogens is 2. The second kappa shape index (κ2) is 7.92. The summed E-state index contributed by atoms with van der Waals surface area (Å²) in [4.78, 5) is 16.5. The van der Waals surface area contributed by atoms with Crippen molar-refractivity contribution < 1.29 is 23.0 Å². The third-order valence-electron chi connectivity index (χ3n) is 4.85. The lowest BCUT2D eigenvalue weighted by Crippen LogP contribution is -2.55. The molecule has 1 amide bonds. The van der Waals surface area contributed by atoms with Crippen LogP contribution in [-0.2, 0) is 11.3 Å². The molecule has 1 atom stereocenters. The van der Waals surface area contributed by atoms with Crippen molar-refractivity contribution in [1.29, 1.82) is 0 Å². The highest BCUT2D eigenvalue weighted by molar-refractivity contribution is 5.99. The van der Waals surface area contributed by atoms with Gasteiger partial charge in [0, 0.05) is 37.3 Å². The van der Waals surface area contributed by atoms with Crippen LogP contribution in [0.1, 0.15) is 12.5 Å². The van der Waals surface area contributed by atoms with Gasteiger partial charge in [-0.1, -0.05) is 6.07 Å². The van der Waals surface area contributed by atoms with E-state index in [1.807, 2.05) is 4.90 Å². The zero-order chi connectivity index (χ0) is 19.6. The van der Waals surface area contributed by atoms with E-state index in [0.717, 1.165) is 6.07 Å². The van der Waals surface area contributed by atoms with Crippen LogP contribution in [0.2, 0.25) is 0 Å². The minimum absolute atomic E-state index is 0.104. The number of rotatable bonds is 5. The second-order valence-electron chi connectivity index (χ2n) is 6.41. The van der Waals surface area contributed by atoms with Crippen molar-refractivity contribution in [3.63, 3.8) is 0 Å². The Morgan fingerprint density at radius 1 is 1.07 bits per heavy atom. The molecule has 7 heteroatoms. The molecule has 1 fully saturated rings. The molecule has 0 radical (unpaired) electrons. The Balaban J connectivity index is 1.78. The van der Waals surface area contributed by atoms with Gasteiger partial charge in [-0.25, -0.2) is 8.78 Å². The van der Waals surface area contributed by atoms with E-state index < -0.39 is 17.7 Å². The van der Waals surface area contributed by atoms with Crippen LogP contribution in [0.4, 0.5) is 14.5 Å². The van der Waals surface area contributed by atoms with E-state index in [1.165, 1.54) is 12.1 Å². The molecule has 0 aliphatic carbocycles. The number of ether oxygens (including phenoxy) is 2.